The van der Waals surface area contributed by atoms with Crippen LogP contribution in [0.3, 0.4) is 0 Å². The van der Waals surface area contributed by atoms with E-state index in [4.69, 9.17) is 5.73 Å². The average Bonchev–Trinajstić information content (AvgIpc) is 2.32. The van der Waals surface area contributed by atoms with E-state index in [0.29, 0.717) is 17.9 Å². The topological polar surface area (TPSA) is 50.4 Å². The van der Waals surface area contributed by atoms with E-state index in [1.807, 2.05) is 0 Å². The number of aliphatic imine (C=N–C) groups is 1. The van der Waals surface area contributed by atoms with Crippen LogP contribution in [0.25, 0.3) is 0 Å². The molecular weight excluding hydrogens is 174 g/mol. The summed E-state index contributed by atoms with van der Waals surface area (Å²) in [6.45, 7) is 8.53. The van der Waals surface area contributed by atoms with Crippen molar-refractivity contribution in [2.24, 2.45) is 16.6 Å². The van der Waals surface area contributed by atoms with Crippen molar-refractivity contribution in [2.75, 3.05) is 0 Å². The van der Waals surface area contributed by atoms with Crippen molar-refractivity contribution in [3.8, 4) is 0 Å². The molecule has 82 valence electrons. The highest BCUT2D eigenvalue weighted by atomic mass is 15.1. The summed E-state index contributed by atoms with van der Waals surface area (Å²) < 4.78 is 0. The van der Waals surface area contributed by atoms with Crippen LogP contribution >= 0.6 is 0 Å². The Kier molecular flexibility index (Phi) is 3.40. The molecule has 1 aliphatic carbocycles. The van der Waals surface area contributed by atoms with Gasteiger partial charge in [-0.3, -0.25) is 0 Å². The van der Waals surface area contributed by atoms with Crippen molar-refractivity contribution in [1.29, 1.82) is 0 Å². The zero-order valence-corrected chi connectivity index (χ0v) is 9.80. The van der Waals surface area contributed by atoms with Gasteiger partial charge in [0.1, 0.15) is 0 Å². The first-order valence-electron chi connectivity index (χ1n) is 5.50. The highest BCUT2D eigenvalue weighted by Gasteiger charge is 2.23. The molecule has 1 fully saturated rings. The van der Waals surface area contributed by atoms with Crippen LogP contribution in [-0.4, -0.2) is 17.5 Å². The van der Waals surface area contributed by atoms with E-state index in [1.54, 1.807) is 0 Å². The lowest BCUT2D eigenvalue weighted by Crippen LogP contribution is -2.45. The molecule has 14 heavy (non-hydrogen) atoms. The monoisotopic (exact) mass is 197 g/mol. The first-order valence-corrected chi connectivity index (χ1v) is 5.50. The van der Waals surface area contributed by atoms with Crippen LogP contribution in [0.15, 0.2) is 4.99 Å². The summed E-state index contributed by atoms with van der Waals surface area (Å²) in [6, 6.07) is 0.435. The first kappa shape index (κ1) is 11.3. The van der Waals surface area contributed by atoms with Crippen LogP contribution < -0.4 is 11.1 Å². The van der Waals surface area contributed by atoms with Gasteiger partial charge in [0, 0.05) is 5.54 Å². The van der Waals surface area contributed by atoms with E-state index in [2.05, 4.69) is 38.0 Å². The molecule has 0 amide bonds. The van der Waals surface area contributed by atoms with Crippen molar-refractivity contribution < 1.29 is 0 Å². The second kappa shape index (κ2) is 4.20. The summed E-state index contributed by atoms with van der Waals surface area (Å²) in [5.74, 6) is 1.28. The van der Waals surface area contributed by atoms with Gasteiger partial charge in [-0.25, -0.2) is 4.99 Å². The quantitative estimate of drug-likeness (QED) is 0.498. The highest BCUT2D eigenvalue weighted by molar-refractivity contribution is 5.78. The maximum absolute atomic E-state index is 5.84. The van der Waals surface area contributed by atoms with Crippen molar-refractivity contribution in [2.45, 2.75) is 58.5 Å². The van der Waals surface area contributed by atoms with Gasteiger partial charge in [0.05, 0.1) is 6.04 Å². The lowest BCUT2D eigenvalue weighted by Gasteiger charge is -2.22. The Hall–Kier alpha value is -0.730. The number of hydrogen-bond acceptors (Lipinski definition) is 1. The Bertz CT molecular complexity index is 215. The molecule has 2 atom stereocenters. The molecule has 0 aliphatic heterocycles. The minimum Gasteiger partial charge on any atom is -0.370 e. The Morgan fingerprint density at radius 2 is 2.00 bits per heavy atom. The summed E-state index contributed by atoms with van der Waals surface area (Å²) in [6.07, 6.45) is 3.77. The molecule has 3 N–H and O–H groups in total. The van der Waals surface area contributed by atoms with Crippen molar-refractivity contribution in [3.05, 3.63) is 0 Å². The van der Waals surface area contributed by atoms with Crippen LogP contribution in [0, 0.1) is 5.92 Å². The summed E-state index contributed by atoms with van der Waals surface area (Å²) in [4.78, 5) is 4.53. The van der Waals surface area contributed by atoms with Crippen LogP contribution in [0.2, 0.25) is 0 Å². The maximum atomic E-state index is 5.84. The minimum atomic E-state index is 0.00935. The molecule has 1 saturated carbocycles. The smallest absolute Gasteiger partial charge is 0.189 e. The zero-order valence-electron chi connectivity index (χ0n) is 9.80. The normalized spacial score (nSPS) is 29.3. The van der Waals surface area contributed by atoms with Gasteiger partial charge in [-0.2, -0.15) is 0 Å². The fourth-order valence-electron chi connectivity index (χ4n) is 1.91. The molecule has 3 nitrogen and oxygen atoms in total. The zero-order chi connectivity index (χ0) is 10.8. The molecule has 1 aliphatic rings. The molecular formula is C11H23N3. The summed E-state index contributed by atoms with van der Waals surface area (Å²) >= 11 is 0. The third kappa shape index (κ3) is 3.56. The van der Waals surface area contributed by atoms with Crippen molar-refractivity contribution >= 4 is 5.96 Å². The molecule has 0 aromatic heterocycles. The molecule has 2 unspecified atom stereocenters. The van der Waals surface area contributed by atoms with E-state index >= 15 is 0 Å². The van der Waals surface area contributed by atoms with Crippen LogP contribution in [-0.2, 0) is 0 Å². The van der Waals surface area contributed by atoms with E-state index in [1.165, 1.54) is 19.3 Å². The average molecular weight is 197 g/mol. The predicted octanol–water partition coefficient (Wildman–Crippen LogP) is 1.88. The van der Waals surface area contributed by atoms with Gasteiger partial charge in [-0.15, -0.1) is 0 Å². The van der Waals surface area contributed by atoms with Crippen LogP contribution in [0.5, 0.6) is 0 Å². The van der Waals surface area contributed by atoms with E-state index < -0.39 is 0 Å². The van der Waals surface area contributed by atoms with E-state index in [-0.39, 0.29) is 5.54 Å². The third-order valence-electron chi connectivity index (χ3n) is 2.62. The fourth-order valence-corrected chi connectivity index (χ4v) is 1.91. The van der Waals surface area contributed by atoms with E-state index in [9.17, 15) is 0 Å². The number of hydrogen-bond donors (Lipinski definition) is 2. The molecule has 0 aromatic carbocycles. The SMILES string of the molecule is CC1CCCC1N=C(N)NC(C)(C)C. The fraction of sp³-hybridized carbons (Fsp3) is 0.909. The molecule has 0 bridgehead atoms. The lowest BCUT2D eigenvalue weighted by molar-refractivity contribution is 0.493. The third-order valence-corrected chi connectivity index (χ3v) is 2.62. The second-order valence-electron chi connectivity index (χ2n) is 5.36. The number of rotatable bonds is 1. The van der Waals surface area contributed by atoms with Crippen LogP contribution in [0.4, 0.5) is 0 Å². The van der Waals surface area contributed by atoms with Crippen LogP contribution in [0.1, 0.15) is 47.0 Å². The Balaban J connectivity index is 2.50. The number of nitrogens with zero attached hydrogens (tertiary/aromatic N) is 1. The Morgan fingerprint density at radius 1 is 1.36 bits per heavy atom. The molecule has 1 rings (SSSR count). The molecule has 0 heterocycles. The van der Waals surface area contributed by atoms with Gasteiger partial charge in [0.25, 0.3) is 0 Å². The van der Waals surface area contributed by atoms with Gasteiger partial charge >= 0.3 is 0 Å². The summed E-state index contributed by atoms with van der Waals surface area (Å²) in [7, 11) is 0. The molecule has 0 aromatic rings. The number of nitrogens with two attached hydrogens (primary N) is 1. The van der Waals surface area contributed by atoms with Gasteiger partial charge in [0.15, 0.2) is 5.96 Å². The van der Waals surface area contributed by atoms with E-state index in [0.717, 1.165) is 0 Å². The van der Waals surface area contributed by atoms with Gasteiger partial charge in [-0.05, 0) is 39.5 Å². The Morgan fingerprint density at radius 3 is 2.43 bits per heavy atom. The number of guanidine groups is 1. The van der Waals surface area contributed by atoms with Gasteiger partial charge < -0.3 is 11.1 Å². The standard InChI is InChI=1S/C11H23N3/c1-8-6-5-7-9(8)13-10(12)14-11(2,3)4/h8-9H,5-7H2,1-4H3,(H3,12,13,14). The number of nitrogens with one attached hydrogen (secondary N) is 1. The van der Waals surface area contributed by atoms with Crippen molar-refractivity contribution in [3.63, 3.8) is 0 Å². The van der Waals surface area contributed by atoms with Gasteiger partial charge in [-0.1, -0.05) is 13.3 Å². The lowest BCUT2D eigenvalue weighted by atomic mass is 10.1. The highest BCUT2D eigenvalue weighted by Crippen LogP contribution is 2.27. The Labute approximate surface area is 87.2 Å². The predicted molar refractivity (Wildman–Crippen MR) is 61.3 cm³/mol. The molecule has 3 heteroatoms. The summed E-state index contributed by atoms with van der Waals surface area (Å²) in [5, 5.41) is 3.19. The van der Waals surface area contributed by atoms with Gasteiger partial charge in [0.2, 0.25) is 0 Å². The van der Waals surface area contributed by atoms with Crippen molar-refractivity contribution in [1.82, 2.24) is 5.32 Å². The molecule has 0 spiro atoms. The first-order chi connectivity index (χ1) is 6.38. The second-order valence-corrected chi connectivity index (χ2v) is 5.36. The molecule has 0 saturated heterocycles. The molecule has 0 radical (unpaired) electrons. The largest absolute Gasteiger partial charge is 0.370 e. The summed E-state index contributed by atoms with van der Waals surface area (Å²) in [5.41, 5.74) is 5.85. The maximum Gasteiger partial charge on any atom is 0.189 e. The minimum absolute atomic E-state index is 0.00935.